The van der Waals surface area contributed by atoms with E-state index in [4.69, 9.17) is 4.74 Å². The first-order valence-corrected chi connectivity index (χ1v) is 6.64. The number of anilines is 1. The number of rotatable bonds is 3. The summed E-state index contributed by atoms with van der Waals surface area (Å²) >= 11 is 0. The van der Waals surface area contributed by atoms with Gasteiger partial charge in [-0.3, -0.25) is 9.78 Å². The summed E-state index contributed by atoms with van der Waals surface area (Å²) in [6, 6.07) is 0.299. The first-order chi connectivity index (χ1) is 9.78. The first-order valence-electron chi connectivity index (χ1n) is 6.64. The van der Waals surface area contributed by atoms with Crippen LogP contribution in [-0.2, 0) is 9.53 Å². The second-order valence-corrected chi connectivity index (χ2v) is 4.96. The van der Waals surface area contributed by atoms with Crippen LogP contribution in [0.1, 0.15) is 25.7 Å². The topological polar surface area (TPSA) is 94.3 Å². The number of ether oxygens (including phenoxy) is 1. The Balaban J connectivity index is 1.65. The van der Waals surface area contributed by atoms with Gasteiger partial charge in [-0.2, -0.15) is 4.52 Å². The minimum Gasteiger partial charge on any atom is -0.469 e. The normalized spacial score (nSPS) is 22.6. The molecule has 106 valence electrons. The molecular formula is C12H16N6O2. The first kappa shape index (κ1) is 12.8. The highest BCUT2D eigenvalue weighted by Crippen LogP contribution is 2.27. The molecule has 2 aromatic rings. The zero-order valence-electron chi connectivity index (χ0n) is 11.2. The van der Waals surface area contributed by atoms with Gasteiger partial charge in [0.15, 0.2) is 11.5 Å². The van der Waals surface area contributed by atoms with Crippen LogP contribution in [0, 0.1) is 5.92 Å². The quantitative estimate of drug-likeness (QED) is 0.823. The van der Waals surface area contributed by atoms with Gasteiger partial charge in [0.1, 0.15) is 0 Å². The number of aromatic nitrogens is 5. The molecule has 0 spiro atoms. The molecule has 0 radical (unpaired) electrons. The monoisotopic (exact) mass is 276 g/mol. The van der Waals surface area contributed by atoms with E-state index in [0.717, 1.165) is 31.5 Å². The van der Waals surface area contributed by atoms with Gasteiger partial charge in [-0.25, -0.2) is 0 Å². The number of carbonyl (C=O) groups is 1. The highest BCUT2D eigenvalue weighted by Gasteiger charge is 2.27. The zero-order chi connectivity index (χ0) is 13.9. The number of esters is 1. The molecule has 0 amide bonds. The summed E-state index contributed by atoms with van der Waals surface area (Å²) in [7, 11) is 1.44. The van der Waals surface area contributed by atoms with E-state index in [1.165, 1.54) is 7.11 Å². The van der Waals surface area contributed by atoms with Crippen molar-refractivity contribution < 1.29 is 9.53 Å². The predicted molar refractivity (Wildman–Crippen MR) is 70.0 cm³/mol. The van der Waals surface area contributed by atoms with Crippen LogP contribution in [-0.4, -0.2) is 44.1 Å². The van der Waals surface area contributed by atoms with E-state index in [9.17, 15) is 4.79 Å². The van der Waals surface area contributed by atoms with Gasteiger partial charge in [-0.15, -0.1) is 5.10 Å². The molecule has 20 heavy (non-hydrogen) atoms. The molecule has 1 N–H and O–H groups in total. The minimum absolute atomic E-state index is 0.0278. The second-order valence-electron chi connectivity index (χ2n) is 4.96. The summed E-state index contributed by atoms with van der Waals surface area (Å²) in [6.07, 6.45) is 6.82. The van der Waals surface area contributed by atoms with Crippen molar-refractivity contribution >= 4 is 17.4 Å². The van der Waals surface area contributed by atoms with E-state index in [2.05, 4.69) is 25.8 Å². The average Bonchev–Trinajstić information content (AvgIpc) is 2.97. The molecule has 1 saturated carbocycles. The Hall–Kier alpha value is -2.25. The van der Waals surface area contributed by atoms with Crippen LogP contribution in [0.4, 0.5) is 5.82 Å². The molecule has 2 aromatic heterocycles. The predicted octanol–water partition coefficient (Wildman–Crippen LogP) is 0.663. The molecule has 0 atom stereocenters. The number of hydrogen-bond donors (Lipinski definition) is 1. The molecule has 8 nitrogen and oxygen atoms in total. The minimum atomic E-state index is -0.104. The number of methoxy groups -OCH3 is 1. The number of tetrazole rings is 1. The van der Waals surface area contributed by atoms with Crippen molar-refractivity contribution in [3.8, 4) is 0 Å². The lowest BCUT2D eigenvalue weighted by Gasteiger charge is -2.28. The maximum absolute atomic E-state index is 11.5. The highest BCUT2D eigenvalue weighted by atomic mass is 16.5. The Kier molecular flexibility index (Phi) is 3.44. The summed E-state index contributed by atoms with van der Waals surface area (Å²) in [4.78, 5) is 15.6. The average molecular weight is 276 g/mol. The maximum atomic E-state index is 11.5. The van der Waals surface area contributed by atoms with Crippen molar-refractivity contribution in [3.05, 3.63) is 12.4 Å². The summed E-state index contributed by atoms with van der Waals surface area (Å²) in [5.74, 6) is 0.696. The highest BCUT2D eigenvalue weighted by molar-refractivity contribution is 5.72. The van der Waals surface area contributed by atoms with Crippen LogP contribution in [0.5, 0.6) is 0 Å². The Morgan fingerprint density at radius 1 is 1.35 bits per heavy atom. The molecule has 0 saturated heterocycles. The number of hydrogen-bond acceptors (Lipinski definition) is 7. The van der Waals surface area contributed by atoms with Gasteiger partial charge in [0.05, 0.1) is 25.4 Å². The Labute approximate surface area is 115 Å². The summed E-state index contributed by atoms with van der Waals surface area (Å²) in [5, 5.41) is 14.8. The van der Waals surface area contributed by atoms with Gasteiger partial charge in [0, 0.05) is 6.04 Å². The summed E-state index contributed by atoms with van der Waals surface area (Å²) in [6.45, 7) is 0. The number of fused-ring (bicyclic) bond motifs is 1. The van der Waals surface area contributed by atoms with Crippen molar-refractivity contribution in [1.82, 2.24) is 25.0 Å². The lowest BCUT2D eigenvalue weighted by atomic mass is 9.86. The second kappa shape index (κ2) is 5.40. The molecule has 0 unspecified atom stereocenters. The fraction of sp³-hybridized carbons (Fsp3) is 0.583. The maximum Gasteiger partial charge on any atom is 0.308 e. The zero-order valence-corrected chi connectivity index (χ0v) is 11.2. The van der Waals surface area contributed by atoms with E-state index < -0.39 is 0 Å². The lowest BCUT2D eigenvalue weighted by Crippen LogP contribution is -2.30. The lowest BCUT2D eigenvalue weighted by molar-refractivity contribution is -0.146. The molecule has 1 fully saturated rings. The molecule has 8 heteroatoms. The molecular weight excluding hydrogens is 260 g/mol. The van der Waals surface area contributed by atoms with E-state index in [1.807, 2.05) is 0 Å². The van der Waals surface area contributed by atoms with Crippen molar-refractivity contribution in [2.45, 2.75) is 31.7 Å². The smallest absolute Gasteiger partial charge is 0.308 e. The van der Waals surface area contributed by atoms with Crippen LogP contribution >= 0.6 is 0 Å². The Bertz CT molecular complexity index is 605. The van der Waals surface area contributed by atoms with Gasteiger partial charge < -0.3 is 10.1 Å². The molecule has 1 aliphatic rings. The molecule has 0 aromatic carbocycles. The van der Waals surface area contributed by atoms with Crippen LogP contribution in [0.25, 0.3) is 5.65 Å². The van der Waals surface area contributed by atoms with Crippen molar-refractivity contribution in [2.24, 2.45) is 5.92 Å². The molecule has 1 aliphatic carbocycles. The molecule has 2 heterocycles. The third-order valence-electron chi connectivity index (χ3n) is 3.72. The third kappa shape index (κ3) is 2.40. The number of nitrogens with zero attached hydrogens (tertiary/aromatic N) is 5. The fourth-order valence-corrected chi connectivity index (χ4v) is 2.62. The SMILES string of the molecule is COC(=O)C1CCC(Nc2cncc3nnnn23)CC1. The van der Waals surface area contributed by atoms with E-state index in [-0.39, 0.29) is 11.9 Å². The van der Waals surface area contributed by atoms with Gasteiger partial charge in [0.25, 0.3) is 0 Å². The van der Waals surface area contributed by atoms with Gasteiger partial charge in [0.2, 0.25) is 0 Å². The van der Waals surface area contributed by atoms with Crippen LogP contribution < -0.4 is 5.32 Å². The summed E-state index contributed by atoms with van der Waals surface area (Å²) in [5.41, 5.74) is 0.609. The Morgan fingerprint density at radius 2 is 2.15 bits per heavy atom. The Morgan fingerprint density at radius 3 is 2.90 bits per heavy atom. The molecule has 0 bridgehead atoms. The van der Waals surface area contributed by atoms with Crippen LogP contribution in [0.2, 0.25) is 0 Å². The fourth-order valence-electron chi connectivity index (χ4n) is 2.62. The standard InChI is InChI=1S/C12H16N6O2/c1-20-12(19)8-2-4-9(5-3-8)14-10-6-13-7-11-15-16-17-18(10)11/h6-9,14H,2-5H2,1H3. The van der Waals surface area contributed by atoms with E-state index in [0.29, 0.717) is 11.7 Å². The van der Waals surface area contributed by atoms with Crippen molar-refractivity contribution in [2.75, 3.05) is 12.4 Å². The van der Waals surface area contributed by atoms with Crippen molar-refractivity contribution in [3.63, 3.8) is 0 Å². The summed E-state index contributed by atoms with van der Waals surface area (Å²) < 4.78 is 6.41. The van der Waals surface area contributed by atoms with Gasteiger partial charge in [-0.05, 0) is 36.1 Å². The molecule has 3 rings (SSSR count). The number of carbonyl (C=O) groups excluding carboxylic acids is 1. The van der Waals surface area contributed by atoms with Gasteiger partial charge in [-0.1, -0.05) is 0 Å². The van der Waals surface area contributed by atoms with Gasteiger partial charge >= 0.3 is 5.97 Å². The van der Waals surface area contributed by atoms with Crippen LogP contribution in [0.3, 0.4) is 0 Å². The van der Waals surface area contributed by atoms with E-state index >= 15 is 0 Å². The third-order valence-corrected chi connectivity index (χ3v) is 3.72. The van der Waals surface area contributed by atoms with Crippen molar-refractivity contribution in [1.29, 1.82) is 0 Å². The van der Waals surface area contributed by atoms with E-state index in [1.54, 1.807) is 16.9 Å². The molecule has 0 aliphatic heterocycles. The van der Waals surface area contributed by atoms with Crippen LogP contribution in [0.15, 0.2) is 12.4 Å². The largest absolute Gasteiger partial charge is 0.469 e. The number of nitrogens with one attached hydrogen (secondary N) is 1.